The smallest absolute Gasteiger partial charge is 1.00 e. The van der Waals surface area contributed by atoms with Crippen LogP contribution >= 0.6 is 0 Å². The van der Waals surface area contributed by atoms with E-state index >= 15 is 0 Å². The van der Waals surface area contributed by atoms with Gasteiger partial charge < -0.3 is 48.0 Å². The summed E-state index contributed by atoms with van der Waals surface area (Å²) in [5.74, 6) is 0. The van der Waals surface area contributed by atoms with Crippen LogP contribution in [0.3, 0.4) is 0 Å². The fourth-order valence-electron chi connectivity index (χ4n) is 2.13. The van der Waals surface area contributed by atoms with Gasteiger partial charge in [0.25, 0.3) is 0 Å². The van der Waals surface area contributed by atoms with Crippen molar-refractivity contribution in [3.05, 3.63) is 63.0 Å². The molecule has 3 heteroatoms. The summed E-state index contributed by atoms with van der Waals surface area (Å²) in [7, 11) is 0. The molecule has 1 atom stereocenters. The quantitative estimate of drug-likeness (QED) is 0.381. The Labute approximate surface area is 148 Å². The van der Waals surface area contributed by atoms with E-state index in [0.717, 1.165) is 3.63 Å². The summed E-state index contributed by atoms with van der Waals surface area (Å²) in [6.45, 7) is 0. The summed E-state index contributed by atoms with van der Waals surface area (Å²) in [5.41, 5.74) is 3.01. The van der Waals surface area contributed by atoms with Gasteiger partial charge in [0.1, 0.15) is 0 Å². The van der Waals surface area contributed by atoms with Gasteiger partial charge in [0.2, 0.25) is 0 Å². The molecule has 3 rings (SSSR count). The van der Waals surface area contributed by atoms with E-state index in [1.54, 1.807) is 8.84 Å². The largest absolute Gasteiger partial charge is 1.00 e. The van der Waals surface area contributed by atoms with Crippen LogP contribution < -0.4 is 48.0 Å². The summed E-state index contributed by atoms with van der Waals surface area (Å²) in [6.07, 6.45) is 12.8. The zero-order valence-electron chi connectivity index (χ0n) is 9.24. The molecule has 2 aliphatic rings. The average Bonchev–Trinajstić information content (AvgIpc) is 2.89. The van der Waals surface area contributed by atoms with E-state index in [0.29, 0.717) is 0 Å². The van der Waals surface area contributed by atoms with Crippen LogP contribution in [0, 0.1) is 0 Å². The van der Waals surface area contributed by atoms with Crippen molar-refractivity contribution in [2.45, 2.75) is 10.0 Å². The van der Waals surface area contributed by atoms with Gasteiger partial charge in [-0.05, 0) is 0 Å². The fourth-order valence-corrected chi connectivity index (χ4v) is 5.67. The molecule has 0 fully saturated rings. The first-order valence-electron chi connectivity index (χ1n) is 5.33. The molecule has 0 bridgehead atoms. The molecule has 0 saturated heterocycles. The molecule has 0 heterocycles. The van der Waals surface area contributed by atoms with Gasteiger partial charge in [0.05, 0.1) is 0 Å². The summed E-state index contributed by atoms with van der Waals surface area (Å²) in [4.78, 5) is 0. The number of hydrogen-bond donors (Lipinski definition) is 0. The van der Waals surface area contributed by atoms with Gasteiger partial charge in [-0.2, -0.15) is 0 Å². The summed E-state index contributed by atoms with van der Waals surface area (Å²) in [6, 6.07) is 8.82. The van der Waals surface area contributed by atoms with Crippen LogP contribution in [0.1, 0.15) is 21.2 Å². The maximum absolute atomic E-state index is 2.41. The van der Waals surface area contributed by atoms with Crippen molar-refractivity contribution in [3.8, 4) is 0 Å². The predicted molar refractivity (Wildman–Crippen MR) is 60.1 cm³/mol. The zero-order valence-corrected chi connectivity index (χ0v) is 16.0. The summed E-state index contributed by atoms with van der Waals surface area (Å²) >= 11 is -0.427. The molecule has 0 saturated carbocycles. The van der Waals surface area contributed by atoms with Gasteiger partial charge in [-0.3, -0.25) is 0 Å². The third-order valence-electron chi connectivity index (χ3n) is 2.91. The predicted octanol–water partition coefficient (Wildman–Crippen LogP) is -2.31. The molecule has 2 aliphatic carbocycles. The van der Waals surface area contributed by atoms with Crippen molar-refractivity contribution < 1.29 is 71.2 Å². The van der Waals surface area contributed by atoms with E-state index in [1.807, 2.05) is 0 Å². The molecule has 0 spiro atoms. The van der Waals surface area contributed by atoms with E-state index in [-0.39, 0.29) is 48.0 Å². The first-order valence-corrected chi connectivity index (χ1v) is 7.98. The Morgan fingerprint density at radius 1 is 1.12 bits per heavy atom. The van der Waals surface area contributed by atoms with Gasteiger partial charge in [-0.1, -0.05) is 0 Å². The van der Waals surface area contributed by atoms with Crippen molar-refractivity contribution in [1.82, 2.24) is 0 Å². The van der Waals surface area contributed by atoms with Gasteiger partial charge in [0.15, 0.2) is 0 Å². The Bertz CT molecular complexity index is 475. The Balaban J connectivity index is 0.000000722. The van der Waals surface area contributed by atoms with Crippen molar-refractivity contribution in [2.75, 3.05) is 0 Å². The monoisotopic (exact) mass is 524 g/mol. The number of rotatable bonds is 2. The van der Waals surface area contributed by atoms with Crippen LogP contribution in [0.25, 0.3) is 6.08 Å². The first kappa shape index (κ1) is 15.8. The van der Waals surface area contributed by atoms with E-state index in [1.165, 1.54) is 12.0 Å². The van der Waals surface area contributed by atoms with Crippen molar-refractivity contribution in [3.63, 3.8) is 0 Å². The molecule has 0 N–H and O–H groups in total. The Morgan fingerprint density at radius 2 is 1.94 bits per heavy atom. The van der Waals surface area contributed by atoms with E-state index in [4.69, 9.17) is 0 Å². The van der Waals surface area contributed by atoms with E-state index in [2.05, 4.69) is 54.6 Å². The fraction of sp³-hybridized carbons (Fsp3) is 0.143. The number of allylic oxidation sites excluding steroid dienone is 5. The van der Waals surface area contributed by atoms with Gasteiger partial charge in [-0.15, -0.1) is 0 Å². The minimum Gasteiger partial charge on any atom is -1.00 e. The van der Waals surface area contributed by atoms with Gasteiger partial charge in [0, 0.05) is 0 Å². The molecule has 0 radical (unpaired) electrons. The Kier molecular flexibility index (Phi) is 6.89. The molecule has 1 aromatic rings. The van der Waals surface area contributed by atoms with Crippen molar-refractivity contribution in [2.24, 2.45) is 0 Å². The number of fused-ring (bicyclic) bond motifs is 1. The van der Waals surface area contributed by atoms with Crippen LogP contribution in [0.4, 0.5) is 0 Å². The second-order valence-corrected chi connectivity index (χ2v) is 7.75. The Morgan fingerprint density at radius 3 is 2.71 bits per heavy atom. The number of hydrogen-bond acceptors (Lipinski definition) is 0. The zero-order chi connectivity index (χ0) is 10.1. The van der Waals surface area contributed by atoms with Gasteiger partial charge >= 0.3 is 102 Å². The molecule has 86 valence electrons. The standard InChI is InChI=1S/C9H7.C5H5.2HI.Zr/c1-2-5-9-7-3-6-8(9)4-1;1-2-4-5-3-1;;;/h1-7H;1-3H,4H2;2*1H;/q;;;;+2/p-2. The Hall–Kier alpha value is 0.783. The molecule has 0 aromatic heterocycles. The molecule has 17 heavy (non-hydrogen) atoms. The van der Waals surface area contributed by atoms with Gasteiger partial charge in [-0.25, -0.2) is 0 Å². The minimum atomic E-state index is -0.427. The van der Waals surface area contributed by atoms with Crippen LogP contribution in [0.15, 0.2) is 51.9 Å². The van der Waals surface area contributed by atoms with E-state index < -0.39 is 23.2 Å². The molecule has 0 nitrogen and oxygen atoms in total. The van der Waals surface area contributed by atoms with Crippen molar-refractivity contribution in [1.29, 1.82) is 0 Å². The molecule has 1 aromatic carbocycles. The molecule has 0 amide bonds. The third kappa shape index (κ3) is 3.63. The van der Waals surface area contributed by atoms with Crippen LogP contribution in [0.5, 0.6) is 0 Å². The van der Waals surface area contributed by atoms with E-state index in [9.17, 15) is 0 Å². The van der Waals surface area contributed by atoms with Crippen LogP contribution in [0.2, 0.25) is 0 Å². The third-order valence-corrected chi connectivity index (χ3v) is 6.74. The van der Waals surface area contributed by atoms with Crippen molar-refractivity contribution >= 4 is 6.08 Å². The minimum absolute atomic E-state index is 0. The number of halogens is 2. The molecular weight excluding hydrogens is 513 g/mol. The second kappa shape index (κ2) is 7.39. The molecule has 1 unspecified atom stereocenters. The van der Waals surface area contributed by atoms with Crippen LogP contribution in [-0.2, 0) is 23.2 Å². The SMILES string of the molecule is C1=CC[C]([Zr+2][CH]2C=Cc3ccccc32)=C1.[I-].[I-]. The normalized spacial score (nSPS) is 18.8. The molecular formula is C14H12I2Zr. The maximum atomic E-state index is 2.41. The maximum Gasteiger partial charge on any atom is -1.00 e. The summed E-state index contributed by atoms with van der Waals surface area (Å²) in [5, 5.41) is 0. The number of benzene rings is 1. The first-order chi connectivity index (χ1) is 7.43. The average molecular weight is 525 g/mol. The topological polar surface area (TPSA) is 0 Å². The second-order valence-electron chi connectivity index (χ2n) is 3.93. The summed E-state index contributed by atoms with van der Waals surface area (Å²) < 4.78 is 2.50. The molecule has 0 aliphatic heterocycles. The van der Waals surface area contributed by atoms with Crippen LogP contribution in [-0.4, -0.2) is 0 Å².